The molecule has 0 radical (unpaired) electrons. The maximum absolute atomic E-state index is 13.4. The van der Waals surface area contributed by atoms with Gasteiger partial charge in [-0.2, -0.15) is 13.2 Å². The Bertz CT molecular complexity index is 808. The van der Waals surface area contributed by atoms with E-state index in [9.17, 15) is 22.4 Å². The fourth-order valence-corrected chi connectivity index (χ4v) is 2.59. The van der Waals surface area contributed by atoms with Crippen LogP contribution in [-0.2, 0) is 11.0 Å². The van der Waals surface area contributed by atoms with Crippen LogP contribution >= 0.6 is 11.8 Å². The van der Waals surface area contributed by atoms with E-state index in [0.717, 1.165) is 23.9 Å². The molecule has 1 amide bonds. The van der Waals surface area contributed by atoms with Crippen LogP contribution in [0.5, 0.6) is 0 Å². The van der Waals surface area contributed by atoms with Gasteiger partial charge in [0.1, 0.15) is 5.82 Å². The van der Waals surface area contributed by atoms with Gasteiger partial charge >= 0.3 is 6.18 Å². The number of rotatable bonds is 4. The Kier molecular flexibility index (Phi) is 6.48. The molecule has 2 nitrogen and oxygen atoms in total. The number of benzene rings is 2. The molecule has 7 heteroatoms. The zero-order valence-electron chi connectivity index (χ0n) is 12.9. The minimum atomic E-state index is -4.42. The number of alkyl halides is 3. The van der Waals surface area contributed by atoms with Crippen LogP contribution in [-0.4, -0.2) is 18.2 Å². The standard InChI is InChI=1S/C18H13F4NOS/c19-15-8-1-2-9-16(15)25-12-17(24)23-10-4-6-13-5-3-7-14(11-13)18(20,21)22/h1-3,5,7-9,11H,10,12H2,(H,23,24). The Balaban J connectivity index is 1.82. The molecule has 0 saturated heterocycles. The van der Waals surface area contributed by atoms with E-state index in [0.29, 0.717) is 4.90 Å². The lowest BCUT2D eigenvalue weighted by molar-refractivity contribution is -0.137. The van der Waals surface area contributed by atoms with Crippen molar-refractivity contribution in [1.82, 2.24) is 5.32 Å². The molecular formula is C18H13F4NOS. The summed E-state index contributed by atoms with van der Waals surface area (Å²) >= 11 is 1.05. The third kappa shape index (κ3) is 6.16. The summed E-state index contributed by atoms with van der Waals surface area (Å²) in [6.45, 7) is -0.00703. The zero-order chi connectivity index (χ0) is 18.3. The molecule has 0 atom stereocenters. The number of amides is 1. The van der Waals surface area contributed by atoms with E-state index in [1.54, 1.807) is 18.2 Å². The van der Waals surface area contributed by atoms with E-state index in [1.807, 2.05) is 0 Å². The molecule has 0 fully saturated rings. The molecular weight excluding hydrogens is 354 g/mol. The second kappa shape index (κ2) is 8.58. The van der Waals surface area contributed by atoms with Gasteiger partial charge in [0.25, 0.3) is 0 Å². The Morgan fingerprint density at radius 3 is 2.60 bits per heavy atom. The number of nitrogens with one attached hydrogen (secondary N) is 1. The van der Waals surface area contributed by atoms with Crippen molar-refractivity contribution in [3.8, 4) is 11.8 Å². The van der Waals surface area contributed by atoms with Crippen molar-refractivity contribution in [3.05, 3.63) is 65.5 Å². The van der Waals surface area contributed by atoms with Gasteiger partial charge in [-0.15, -0.1) is 11.8 Å². The highest BCUT2D eigenvalue weighted by atomic mass is 32.2. The van der Waals surface area contributed by atoms with Gasteiger partial charge in [-0.25, -0.2) is 4.39 Å². The van der Waals surface area contributed by atoms with E-state index in [1.165, 1.54) is 18.2 Å². The molecule has 2 aromatic carbocycles. The Morgan fingerprint density at radius 2 is 1.88 bits per heavy atom. The quantitative estimate of drug-likeness (QED) is 0.501. The van der Waals surface area contributed by atoms with Gasteiger partial charge < -0.3 is 5.32 Å². The first-order chi connectivity index (χ1) is 11.9. The highest BCUT2D eigenvalue weighted by molar-refractivity contribution is 8.00. The number of hydrogen-bond acceptors (Lipinski definition) is 2. The van der Waals surface area contributed by atoms with Crippen LogP contribution in [0.2, 0.25) is 0 Å². The summed E-state index contributed by atoms with van der Waals surface area (Å²) in [5, 5.41) is 2.51. The van der Waals surface area contributed by atoms with Crippen molar-refractivity contribution >= 4 is 17.7 Å². The molecule has 130 valence electrons. The topological polar surface area (TPSA) is 29.1 Å². The molecule has 2 aromatic rings. The molecule has 0 saturated carbocycles. The summed E-state index contributed by atoms with van der Waals surface area (Å²) in [7, 11) is 0. The van der Waals surface area contributed by atoms with E-state index in [4.69, 9.17) is 0 Å². The summed E-state index contributed by atoms with van der Waals surface area (Å²) in [5.41, 5.74) is -0.561. The van der Waals surface area contributed by atoms with Gasteiger partial charge in [-0.1, -0.05) is 30.0 Å². The molecule has 0 bridgehead atoms. The van der Waals surface area contributed by atoms with Crippen molar-refractivity contribution in [1.29, 1.82) is 0 Å². The van der Waals surface area contributed by atoms with Crippen molar-refractivity contribution < 1.29 is 22.4 Å². The number of carbonyl (C=O) groups excluding carboxylic acids is 1. The van der Waals surface area contributed by atoms with Gasteiger partial charge in [-0.05, 0) is 30.3 Å². The van der Waals surface area contributed by atoms with Crippen LogP contribution in [0.25, 0.3) is 0 Å². The zero-order valence-corrected chi connectivity index (χ0v) is 13.7. The first kappa shape index (κ1) is 18.9. The van der Waals surface area contributed by atoms with Crippen LogP contribution in [0.4, 0.5) is 17.6 Å². The van der Waals surface area contributed by atoms with Crippen molar-refractivity contribution in [2.75, 3.05) is 12.3 Å². The molecule has 0 aromatic heterocycles. The lowest BCUT2D eigenvalue weighted by Crippen LogP contribution is -2.25. The monoisotopic (exact) mass is 367 g/mol. The molecule has 0 aliphatic rings. The molecule has 0 aliphatic heterocycles. The van der Waals surface area contributed by atoms with Gasteiger partial charge in [0.2, 0.25) is 5.91 Å². The van der Waals surface area contributed by atoms with E-state index in [-0.39, 0.29) is 23.8 Å². The predicted octanol–water partition coefficient (Wildman–Crippen LogP) is 4.10. The molecule has 2 rings (SSSR count). The smallest absolute Gasteiger partial charge is 0.344 e. The highest BCUT2D eigenvalue weighted by Crippen LogP contribution is 2.29. The summed E-state index contributed by atoms with van der Waals surface area (Å²) in [6, 6.07) is 10.7. The Labute approximate surface area is 146 Å². The lowest BCUT2D eigenvalue weighted by Gasteiger charge is -2.05. The summed E-state index contributed by atoms with van der Waals surface area (Å²) < 4.78 is 51.1. The minimum absolute atomic E-state index is 0.00703. The van der Waals surface area contributed by atoms with Gasteiger partial charge in [0.15, 0.2) is 0 Å². The second-order valence-electron chi connectivity index (χ2n) is 4.88. The van der Waals surface area contributed by atoms with E-state index in [2.05, 4.69) is 17.2 Å². The normalized spacial score (nSPS) is 10.7. The van der Waals surface area contributed by atoms with Crippen molar-refractivity contribution in [2.45, 2.75) is 11.1 Å². The van der Waals surface area contributed by atoms with Crippen LogP contribution in [0.1, 0.15) is 11.1 Å². The van der Waals surface area contributed by atoms with Gasteiger partial charge in [0.05, 0.1) is 17.9 Å². The summed E-state index contributed by atoms with van der Waals surface area (Å²) in [4.78, 5) is 12.0. The SMILES string of the molecule is O=C(CSc1ccccc1F)NCC#Cc1cccc(C(F)(F)F)c1. The molecule has 0 aliphatic carbocycles. The molecule has 0 spiro atoms. The first-order valence-corrected chi connectivity index (χ1v) is 8.15. The summed E-state index contributed by atoms with van der Waals surface area (Å²) in [5.74, 6) is 4.43. The van der Waals surface area contributed by atoms with Crippen molar-refractivity contribution in [3.63, 3.8) is 0 Å². The third-order valence-corrected chi connectivity index (χ3v) is 4.04. The average molecular weight is 367 g/mol. The van der Waals surface area contributed by atoms with Crippen LogP contribution in [0.15, 0.2) is 53.4 Å². The maximum Gasteiger partial charge on any atom is 0.416 e. The first-order valence-electron chi connectivity index (χ1n) is 7.16. The average Bonchev–Trinajstić information content (AvgIpc) is 2.57. The van der Waals surface area contributed by atoms with Crippen LogP contribution in [0.3, 0.4) is 0 Å². The van der Waals surface area contributed by atoms with Crippen molar-refractivity contribution in [2.24, 2.45) is 0 Å². The van der Waals surface area contributed by atoms with Gasteiger partial charge in [0, 0.05) is 10.5 Å². The molecule has 1 N–H and O–H groups in total. The largest absolute Gasteiger partial charge is 0.416 e. The molecule has 0 heterocycles. The fourth-order valence-electron chi connectivity index (χ4n) is 1.82. The second-order valence-corrected chi connectivity index (χ2v) is 5.89. The van der Waals surface area contributed by atoms with E-state index < -0.39 is 17.6 Å². The number of carbonyl (C=O) groups is 1. The van der Waals surface area contributed by atoms with Crippen LogP contribution in [0, 0.1) is 17.7 Å². The molecule has 25 heavy (non-hydrogen) atoms. The highest BCUT2D eigenvalue weighted by Gasteiger charge is 2.30. The van der Waals surface area contributed by atoms with E-state index >= 15 is 0 Å². The minimum Gasteiger partial charge on any atom is -0.344 e. The number of thioether (sulfide) groups is 1. The maximum atomic E-state index is 13.4. The number of hydrogen-bond donors (Lipinski definition) is 1. The third-order valence-electron chi connectivity index (χ3n) is 2.99. The number of halogens is 4. The van der Waals surface area contributed by atoms with Crippen LogP contribution < -0.4 is 5.32 Å². The predicted molar refractivity (Wildman–Crippen MR) is 88.5 cm³/mol. The van der Waals surface area contributed by atoms with Gasteiger partial charge in [-0.3, -0.25) is 4.79 Å². The fraction of sp³-hybridized carbons (Fsp3) is 0.167. The summed E-state index contributed by atoms with van der Waals surface area (Å²) in [6.07, 6.45) is -4.42. The molecule has 0 unspecified atom stereocenters. The lowest BCUT2D eigenvalue weighted by atomic mass is 10.1. The Morgan fingerprint density at radius 1 is 1.12 bits per heavy atom. The Hall–Kier alpha value is -2.46.